The Balaban J connectivity index is 0.000000670. The molecule has 344 valence electrons. The molecule has 3 aliphatic heterocycles. The minimum absolute atomic E-state index is 0.188. The number of pyridine rings is 1. The minimum atomic E-state index is -0.336. The molecule has 1 saturated heterocycles. The molecule has 13 nitrogen and oxygen atoms in total. The topological polar surface area (TPSA) is 146 Å². The number of nitrogens with one attached hydrogen (secondary N) is 1. The molecular formula is C49H52Cl2FN9O4S. The summed E-state index contributed by atoms with van der Waals surface area (Å²) in [4.78, 5) is 29.2. The molecule has 7 heterocycles. The van der Waals surface area contributed by atoms with Crippen molar-refractivity contribution >= 4 is 50.6 Å². The summed E-state index contributed by atoms with van der Waals surface area (Å²) in [7, 11) is 4.35. The fraction of sp³-hybridized carbons (Fsp3) is 0.327. The molecule has 10 rings (SSSR count). The maximum atomic E-state index is 14.1. The van der Waals surface area contributed by atoms with E-state index in [2.05, 4.69) is 49.1 Å². The molecule has 0 saturated carbocycles. The Kier molecular flexibility index (Phi) is 15.4. The van der Waals surface area contributed by atoms with Gasteiger partial charge in [-0.15, -0.1) is 11.3 Å². The Bertz CT molecular complexity index is 2730. The van der Waals surface area contributed by atoms with E-state index in [1.54, 1.807) is 24.5 Å². The van der Waals surface area contributed by atoms with Crippen molar-refractivity contribution in [2.75, 3.05) is 78.5 Å². The fourth-order valence-corrected chi connectivity index (χ4v) is 9.34. The highest BCUT2D eigenvalue weighted by atomic mass is 35.5. The first-order chi connectivity index (χ1) is 32.1. The molecule has 3 aliphatic rings. The van der Waals surface area contributed by atoms with Gasteiger partial charge in [-0.3, -0.25) is 0 Å². The number of hydrogen-bond acceptors (Lipinski definition) is 14. The second kappa shape index (κ2) is 21.7. The van der Waals surface area contributed by atoms with Gasteiger partial charge in [0.15, 0.2) is 11.6 Å². The molecule has 3 N–H and O–H groups in total. The van der Waals surface area contributed by atoms with Crippen molar-refractivity contribution in [1.29, 1.82) is 0 Å². The van der Waals surface area contributed by atoms with Gasteiger partial charge in [0, 0.05) is 73.1 Å². The van der Waals surface area contributed by atoms with E-state index in [-0.39, 0.29) is 32.2 Å². The first-order valence-corrected chi connectivity index (χ1v) is 23.4. The van der Waals surface area contributed by atoms with E-state index in [9.17, 15) is 4.39 Å². The molecule has 17 heteroatoms. The lowest BCUT2D eigenvalue weighted by atomic mass is 9.92. The Morgan fingerprint density at radius 2 is 1.55 bits per heavy atom. The Labute approximate surface area is 398 Å². The third kappa shape index (κ3) is 10.9. The minimum Gasteiger partial charge on any atom is -0.490 e. The van der Waals surface area contributed by atoms with Crippen LogP contribution in [0.5, 0.6) is 23.1 Å². The summed E-state index contributed by atoms with van der Waals surface area (Å²) in [5.74, 6) is 2.99. The van der Waals surface area contributed by atoms with E-state index in [0.717, 1.165) is 62.6 Å². The third-order valence-corrected chi connectivity index (χ3v) is 13.4. The average Bonchev–Trinajstić information content (AvgIpc) is 3.72. The maximum absolute atomic E-state index is 14.1. The summed E-state index contributed by atoms with van der Waals surface area (Å²) in [6.45, 7) is 11.0. The first kappa shape index (κ1) is 46.8. The number of hydrogen-bond donors (Lipinski definition) is 2. The highest BCUT2D eigenvalue weighted by molar-refractivity contribution is 7.22. The number of thiophene rings is 1. The van der Waals surface area contributed by atoms with E-state index in [4.69, 9.17) is 52.9 Å². The smallest absolute Gasteiger partial charge is 0.226 e. The largest absolute Gasteiger partial charge is 0.490 e. The van der Waals surface area contributed by atoms with Crippen LogP contribution in [0.2, 0.25) is 10.0 Å². The predicted octanol–water partition coefficient (Wildman–Crippen LogP) is 9.54. The second-order valence-corrected chi connectivity index (χ2v) is 17.8. The van der Waals surface area contributed by atoms with Gasteiger partial charge in [-0.1, -0.05) is 35.3 Å². The zero-order valence-corrected chi connectivity index (χ0v) is 39.7. The molecule has 0 spiro atoms. The quantitative estimate of drug-likeness (QED) is 0.133. The number of piperazine rings is 1. The summed E-state index contributed by atoms with van der Waals surface area (Å²) in [5, 5.41) is 4.70. The van der Waals surface area contributed by atoms with Crippen LogP contribution >= 0.6 is 34.5 Å². The molecule has 7 aromatic rings. The molecule has 4 bridgehead atoms. The number of ether oxygens (including phenoxy) is 4. The molecule has 0 aliphatic carbocycles. The van der Waals surface area contributed by atoms with Crippen LogP contribution in [-0.4, -0.2) is 108 Å². The van der Waals surface area contributed by atoms with Crippen molar-refractivity contribution in [1.82, 2.24) is 34.7 Å². The van der Waals surface area contributed by atoms with Crippen LogP contribution in [0.15, 0.2) is 79.4 Å². The SMILES string of the molecule is CN1CCN(C)CC1.Cc1c(Cl)c2c(Cl)c(C)c1-c1c(-c3ccc(F)cc3)sc3ncnc(c13)OCCc1cc(ccc1OCc1ccnc(-c3ccc(NCCCN)nc3)n1)OCCO2. The summed E-state index contributed by atoms with van der Waals surface area (Å²) in [6.07, 6.45) is 6.24. The van der Waals surface area contributed by atoms with Gasteiger partial charge in [0.1, 0.15) is 54.1 Å². The molecule has 1 fully saturated rings. The summed E-state index contributed by atoms with van der Waals surface area (Å²) >= 11 is 15.5. The molecule has 0 radical (unpaired) electrons. The highest BCUT2D eigenvalue weighted by Crippen LogP contribution is 2.52. The van der Waals surface area contributed by atoms with Crippen LogP contribution in [-0.2, 0) is 13.0 Å². The van der Waals surface area contributed by atoms with E-state index in [1.807, 2.05) is 50.2 Å². The Morgan fingerprint density at radius 1 is 0.818 bits per heavy atom. The number of aromatic nitrogens is 5. The van der Waals surface area contributed by atoms with Crippen molar-refractivity contribution in [3.05, 3.63) is 118 Å². The van der Waals surface area contributed by atoms with E-state index in [0.29, 0.717) is 67.9 Å². The Hall–Kier alpha value is -5.68. The number of likely N-dealkylation sites (N-methyl/N-ethyl adjacent to an activating group) is 2. The zero-order valence-electron chi connectivity index (χ0n) is 37.4. The molecule has 4 aromatic heterocycles. The number of rotatable bonds is 9. The predicted molar refractivity (Wildman–Crippen MR) is 261 cm³/mol. The van der Waals surface area contributed by atoms with E-state index in [1.165, 1.54) is 56.0 Å². The summed E-state index contributed by atoms with van der Waals surface area (Å²) < 4.78 is 39.4. The van der Waals surface area contributed by atoms with Crippen molar-refractivity contribution < 1.29 is 23.3 Å². The first-order valence-electron chi connectivity index (χ1n) is 21.8. The van der Waals surface area contributed by atoms with Crippen molar-refractivity contribution in [3.8, 4) is 56.1 Å². The monoisotopic (exact) mass is 951 g/mol. The van der Waals surface area contributed by atoms with Crippen molar-refractivity contribution in [2.45, 2.75) is 33.3 Å². The second-order valence-electron chi connectivity index (χ2n) is 16.1. The van der Waals surface area contributed by atoms with Crippen LogP contribution in [0.3, 0.4) is 0 Å². The zero-order chi connectivity index (χ0) is 46.2. The van der Waals surface area contributed by atoms with Crippen molar-refractivity contribution in [2.24, 2.45) is 5.73 Å². The van der Waals surface area contributed by atoms with Crippen molar-refractivity contribution in [3.63, 3.8) is 0 Å². The van der Waals surface area contributed by atoms with Gasteiger partial charge in [0.25, 0.3) is 0 Å². The lowest BCUT2D eigenvalue weighted by Gasteiger charge is -2.28. The normalized spacial score (nSPS) is 14.4. The molecule has 3 aromatic carbocycles. The number of anilines is 1. The van der Waals surface area contributed by atoms with Crippen LogP contribution in [0.25, 0.3) is 43.2 Å². The fourth-order valence-electron chi connectivity index (χ4n) is 7.66. The average molecular weight is 953 g/mol. The van der Waals surface area contributed by atoms with Gasteiger partial charge in [0.2, 0.25) is 5.88 Å². The lowest BCUT2D eigenvalue weighted by molar-refractivity contribution is 0.181. The van der Waals surface area contributed by atoms with Crippen LogP contribution < -0.4 is 30.0 Å². The highest BCUT2D eigenvalue weighted by Gasteiger charge is 2.28. The van der Waals surface area contributed by atoms with Gasteiger partial charge in [-0.25, -0.2) is 29.3 Å². The molecule has 0 unspecified atom stereocenters. The van der Waals surface area contributed by atoms with Crippen LogP contribution in [0.4, 0.5) is 10.2 Å². The van der Waals surface area contributed by atoms with Crippen LogP contribution in [0, 0.1) is 19.7 Å². The van der Waals surface area contributed by atoms with E-state index < -0.39 is 0 Å². The van der Waals surface area contributed by atoms with Gasteiger partial charge in [-0.05, 0) is 112 Å². The third-order valence-electron chi connectivity index (χ3n) is 11.4. The summed E-state index contributed by atoms with van der Waals surface area (Å²) in [6, 6.07) is 17.6. The molecule has 0 amide bonds. The van der Waals surface area contributed by atoms with Gasteiger partial charge in [0.05, 0.1) is 27.7 Å². The maximum Gasteiger partial charge on any atom is 0.226 e. The van der Waals surface area contributed by atoms with Gasteiger partial charge >= 0.3 is 0 Å². The molecular weight excluding hydrogens is 901 g/mol. The van der Waals surface area contributed by atoms with Gasteiger partial charge < -0.3 is 39.8 Å². The number of benzene rings is 3. The molecule has 0 atom stereocenters. The standard InChI is InChI=1S/C43H38Cl2FN7O4S.C6H14N2/c1-24-34-25(2)38(45)39(37(24)44)55-19-18-54-31-9-10-32(57-22-30-12-16-49-41(53-30)28-6-11-33(50-21-28)48-15-3-14-47)27(20-31)13-17-56-42-36-35(34)40(58-43(36)52-23-51-42)26-4-7-29(46)8-5-26;1-7-3-5-8(2)6-4-7/h4-12,16,20-21,23H,3,13-15,17-19,22,47H2,1-2H3,(H,48,50);3-6H2,1-2H3. The van der Waals surface area contributed by atoms with Crippen LogP contribution in [0.1, 0.15) is 28.8 Å². The lowest BCUT2D eigenvalue weighted by Crippen LogP contribution is -2.42. The summed E-state index contributed by atoms with van der Waals surface area (Å²) in [5.41, 5.74) is 11.8. The Morgan fingerprint density at radius 3 is 2.26 bits per heavy atom. The number of fused-ring (bicyclic) bond motifs is 7. The number of nitrogens with two attached hydrogens (primary N) is 1. The van der Waals surface area contributed by atoms with Gasteiger partial charge in [-0.2, -0.15) is 0 Å². The number of halogens is 3. The molecule has 66 heavy (non-hydrogen) atoms. The number of nitrogens with zero attached hydrogens (tertiary/aromatic N) is 7. The van der Waals surface area contributed by atoms with E-state index >= 15 is 0 Å².